The highest BCUT2D eigenvalue weighted by atomic mass is 79.9. The first kappa shape index (κ1) is 19.3. The molecule has 0 bridgehead atoms. The average molecular weight is 502 g/mol. The van der Waals surface area contributed by atoms with Gasteiger partial charge in [0.25, 0.3) is 0 Å². The number of anilines is 1. The van der Waals surface area contributed by atoms with Gasteiger partial charge >= 0.3 is 0 Å². The van der Waals surface area contributed by atoms with E-state index in [2.05, 4.69) is 90.3 Å². The molecule has 4 rings (SSSR count). The van der Waals surface area contributed by atoms with E-state index in [1.54, 1.807) is 0 Å². The lowest BCUT2D eigenvalue weighted by atomic mass is 10.2. The van der Waals surface area contributed by atoms with Crippen LogP contribution in [0, 0.1) is 0 Å². The third kappa shape index (κ3) is 4.06. The number of rotatable bonds is 7. The summed E-state index contributed by atoms with van der Waals surface area (Å²) in [5.74, 6) is 0.908. The van der Waals surface area contributed by atoms with Gasteiger partial charge in [0.2, 0.25) is 0 Å². The number of aromatic nitrogens is 1. The molecular weight excluding hydrogens is 480 g/mol. The molecular formula is C23H22Br2N2O. The van der Waals surface area contributed by atoms with Crippen LogP contribution in [0.25, 0.3) is 21.8 Å². The number of halogens is 2. The molecule has 1 aromatic heterocycles. The predicted octanol–water partition coefficient (Wildman–Crippen LogP) is 7.22. The van der Waals surface area contributed by atoms with Crippen molar-refractivity contribution in [2.75, 3.05) is 18.5 Å². The van der Waals surface area contributed by atoms with Gasteiger partial charge in [-0.2, -0.15) is 0 Å². The number of aryl methyl sites for hydroxylation is 1. The van der Waals surface area contributed by atoms with Gasteiger partial charge in [0.15, 0.2) is 0 Å². The van der Waals surface area contributed by atoms with Crippen molar-refractivity contribution < 1.29 is 4.74 Å². The molecule has 1 heterocycles. The smallest absolute Gasteiger partial charge is 0.121 e. The largest absolute Gasteiger partial charge is 0.494 e. The fourth-order valence-electron chi connectivity index (χ4n) is 3.62. The summed E-state index contributed by atoms with van der Waals surface area (Å²) in [7, 11) is 0. The summed E-state index contributed by atoms with van der Waals surface area (Å²) in [5, 5.41) is 6.07. The average Bonchev–Trinajstić information content (AvgIpc) is 2.98. The van der Waals surface area contributed by atoms with E-state index in [-0.39, 0.29) is 0 Å². The fourth-order valence-corrected chi connectivity index (χ4v) is 4.34. The molecule has 0 atom stereocenters. The van der Waals surface area contributed by atoms with E-state index in [0.717, 1.165) is 39.9 Å². The van der Waals surface area contributed by atoms with E-state index in [0.29, 0.717) is 6.61 Å². The molecule has 28 heavy (non-hydrogen) atoms. The Morgan fingerprint density at radius 3 is 2.21 bits per heavy atom. The Bertz CT molecular complexity index is 1060. The number of benzene rings is 3. The van der Waals surface area contributed by atoms with Crippen LogP contribution in [0.4, 0.5) is 5.69 Å². The Morgan fingerprint density at radius 2 is 1.57 bits per heavy atom. The molecule has 0 aliphatic heterocycles. The molecule has 0 unspecified atom stereocenters. The molecule has 0 radical (unpaired) electrons. The third-order valence-corrected chi connectivity index (χ3v) is 5.81. The van der Waals surface area contributed by atoms with Crippen molar-refractivity contribution in [2.45, 2.75) is 19.9 Å². The molecule has 3 nitrogen and oxygen atoms in total. The zero-order chi connectivity index (χ0) is 19.5. The monoisotopic (exact) mass is 500 g/mol. The van der Waals surface area contributed by atoms with Crippen LogP contribution in [0.15, 0.2) is 69.6 Å². The first-order valence-corrected chi connectivity index (χ1v) is 11.1. The van der Waals surface area contributed by atoms with Crippen molar-refractivity contribution in [3.05, 3.63) is 69.6 Å². The quantitative estimate of drug-likeness (QED) is 0.270. The second-order valence-electron chi connectivity index (χ2n) is 6.72. The third-order valence-electron chi connectivity index (χ3n) is 4.82. The molecule has 0 spiro atoms. The second kappa shape index (κ2) is 8.58. The van der Waals surface area contributed by atoms with Gasteiger partial charge in [-0.25, -0.2) is 0 Å². The molecule has 4 aromatic rings. The lowest BCUT2D eigenvalue weighted by molar-refractivity contribution is 0.340. The second-order valence-corrected chi connectivity index (χ2v) is 8.55. The summed E-state index contributed by atoms with van der Waals surface area (Å²) in [5.41, 5.74) is 3.64. The predicted molar refractivity (Wildman–Crippen MR) is 126 cm³/mol. The highest BCUT2D eigenvalue weighted by Crippen LogP contribution is 2.33. The maximum atomic E-state index is 5.58. The van der Waals surface area contributed by atoms with E-state index >= 15 is 0 Å². The molecule has 144 valence electrons. The van der Waals surface area contributed by atoms with Gasteiger partial charge in [-0.05, 0) is 61.9 Å². The first-order valence-electron chi connectivity index (χ1n) is 9.49. The minimum Gasteiger partial charge on any atom is -0.494 e. The molecule has 0 aliphatic carbocycles. The molecule has 0 aliphatic rings. The van der Waals surface area contributed by atoms with Crippen LogP contribution in [0.5, 0.6) is 5.75 Å². The summed E-state index contributed by atoms with van der Waals surface area (Å²) >= 11 is 7.22. The normalized spacial score (nSPS) is 11.2. The van der Waals surface area contributed by atoms with E-state index < -0.39 is 0 Å². The van der Waals surface area contributed by atoms with Gasteiger partial charge in [0.1, 0.15) is 5.75 Å². The van der Waals surface area contributed by atoms with Gasteiger partial charge in [0, 0.05) is 55.6 Å². The van der Waals surface area contributed by atoms with Gasteiger partial charge in [-0.3, -0.25) is 0 Å². The first-order chi connectivity index (χ1) is 13.7. The Morgan fingerprint density at radius 1 is 0.893 bits per heavy atom. The number of hydrogen-bond acceptors (Lipinski definition) is 2. The van der Waals surface area contributed by atoms with Gasteiger partial charge in [-0.15, -0.1) is 0 Å². The highest BCUT2D eigenvalue weighted by Gasteiger charge is 2.11. The Balaban J connectivity index is 1.52. The number of nitrogens with one attached hydrogen (secondary N) is 1. The Hall–Kier alpha value is -1.98. The lowest BCUT2D eigenvalue weighted by Crippen LogP contribution is -2.06. The van der Waals surface area contributed by atoms with E-state index in [1.165, 1.54) is 21.8 Å². The van der Waals surface area contributed by atoms with Crippen molar-refractivity contribution in [1.29, 1.82) is 0 Å². The van der Waals surface area contributed by atoms with E-state index in [4.69, 9.17) is 4.74 Å². The maximum absolute atomic E-state index is 5.58. The van der Waals surface area contributed by atoms with E-state index in [9.17, 15) is 0 Å². The van der Waals surface area contributed by atoms with Crippen LogP contribution in [0.1, 0.15) is 13.3 Å². The highest BCUT2D eigenvalue weighted by molar-refractivity contribution is 9.10. The van der Waals surface area contributed by atoms with Crippen LogP contribution >= 0.6 is 31.9 Å². The van der Waals surface area contributed by atoms with Crippen molar-refractivity contribution in [2.24, 2.45) is 0 Å². The number of fused-ring (bicyclic) bond motifs is 3. The van der Waals surface area contributed by atoms with Crippen LogP contribution in [-0.4, -0.2) is 17.7 Å². The molecule has 5 heteroatoms. The summed E-state index contributed by atoms with van der Waals surface area (Å²) in [6, 6.07) is 21.2. The minimum absolute atomic E-state index is 0.684. The number of ether oxygens (including phenoxy) is 1. The summed E-state index contributed by atoms with van der Waals surface area (Å²) in [6.45, 7) is 4.55. The zero-order valence-electron chi connectivity index (χ0n) is 15.7. The number of hydrogen-bond donors (Lipinski definition) is 1. The molecule has 0 fully saturated rings. The Kier molecular flexibility index (Phi) is 5.93. The lowest BCUT2D eigenvalue weighted by Gasteiger charge is -2.11. The van der Waals surface area contributed by atoms with Gasteiger partial charge in [0.05, 0.1) is 6.61 Å². The Labute approximate surface area is 181 Å². The molecule has 1 N–H and O–H groups in total. The van der Waals surface area contributed by atoms with Crippen LogP contribution in [0.3, 0.4) is 0 Å². The van der Waals surface area contributed by atoms with Crippen LogP contribution in [-0.2, 0) is 6.54 Å². The fraction of sp³-hybridized carbons (Fsp3) is 0.217. The van der Waals surface area contributed by atoms with Crippen molar-refractivity contribution in [1.82, 2.24) is 4.57 Å². The summed E-state index contributed by atoms with van der Waals surface area (Å²) in [6.07, 6.45) is 1.03. The molecule has 0 amide bonds. The van der Waals surface area contributed by atoms with Crippen LogP contribution < -0.4 is 10.1 Å². The SMILES string of the molecule is CCOc1cccc(NCCCn2c3ccc(Br)cc3c3cc(Br)ccc32)c1. The molecule has 0 saturated heterocycles. The zero-order valence-corrected chi connectivity index (χ0v) is 18.9. The minimum atomic E-state index is 0.684. The molecule has 0 saturated carbocycles. The number of nitrogens with zero attached hydrogens (tertiary/aromatic N) is 1. The van der Waals surface area contributed by atoms with Gasteiger partial charge in [-0.1, -0.05) is 37.9 Å². The van der Waals surface area contributed by atoms with E-state index in [1.807, 2.05) is 19.1 Å². The topological polar surface area (TPSA) is 26.2 Å². The maximum Gasteiger partial charge on any atom is 0.121 e. The van der Waals surface area contributed by atoms with Gasteiger partial charge < -0.3 is 14.6 Å². The van der Waals surface area contributed by atoms with Crippen molar-refractivity contribution in [3.8, 4) is 5.75 Å². The molecule has 3 aromatic carbocycles. The summed E-state index contributed by atoms with van der Waals surface area (Å²) in [4.78, 5) is 0. The summed E-state index contributed by atoms with van der Waals surface area (Å²) < 4.78 is 10.2. The van der Waals surface area contributed by atoms with Crippen LogP contribution in [0.2, 0.25) is 0 Å². The van der Waals surface area contributed by atoms with Crippen molar-refractivity contribution >= 4 is 59.4 Å². The van der Waals surface area contributed by atoms with Crippen molar-refractivity contribution in [3.63, 3.8) is 0 Å². The standard InChI is InChI=1S/C23H22Br2N2O/c1-2-28-19-6-3-5-18(15-19)26-11-4-12-27-22-9-7-16(24)13-20(22)21-14-17(25)8-10-23(21)27/h3,5-10,13-15,26H,2,4,11-12H2,1H3.